The maximum atomic E-state index is 11.2. The lowest BCUT2D eigenvalue weighted by Gasteiger charge is -2.13. The summed E-state index contributed by atoms with van der Waals surface area (Å²) in [5.41, 5.74) is 5.77. The summed E-state index contributed by atoms with van der Waals surface area (Å²) in [6.07, 6.45) is 0. The Morgan fingerprint density at radius 1 is 1.35 bits per heavy atom. The number of benzene rings is 1. The lowest BCUT2D eigenvalue weighted by atomic mass is 10.2. The molecule has 0 heterocycles. The van der Waals surface area contributed by atoms with Gasteiger partial charge in [0, 0.05) is 17.1 Å². The lowest BCUT2D eigenvalue weighted by Crippen LogP contribution is -2.32. The molecular formula is C14H20N2O6S. The van der Waals surface area contributed by atoms with Crippen LogP contribution >= 0.6 is 11.8 Å². The number of nitro benzene ring substituents is 1. The molecule has 0 saturated heterocycles. The number of nitro groups is 1. The van der Waals surface area contributed by atoms with Crippen LogP contribution in [0.15, 0.2) is 12.1 Å². The van der Waals surface area contributed by atoms with Crippen molar-refractivity contribution < 1.29 is 24.3 Å². The molecule has 0 aliphatic heterocycles. The van der Waals surface area contributed by atoms with Crippen LogP contribution < -0.4 is 15.2 Å². The zero-order chi connectivity index (χ0) is 17.4. The van der Waals surface area contributed by atoms with Gasteiger partial charge in [-0.3, -0.25) is 14.9 Å². The van der Waals surface area contributed by atoms with Crippen molar-refractivity contribution in [3.05, 3.63) is 27.8 Å². The summed E-state index contributed by atoms with van der Waals surface area (Å²) in [6, 6.07) is 1.89. The van der Waals surface area contributed by atoms with Crippen molar-refractivity contribution in [1.82, 2.24) is 0 Å². The van der Waals surface area contributed by atoms with E-state index >= 15 is 0 Å². The third-order valence-corrected chi connectivity index (χ3v) is 3.92. The molecule has 23 heavy (non-hydrogen) atoms. The first-order chi connectivity index (χ1) is 10.9. The summed E-state index contributed by atoms with van der Waals surface area (Å²) in [5.74, 6) is 0.0526. The van der Waals surface area contributed by atoms with Crippen molar-refractivity contribution in [3.8, 4) is 11.5 Å². The van der Waals surface area contributed by atoms with Crippen LogP contribution in [0.1, 0.15) is 19.4 Å². The molecular weight excluding hydrogens is 324 g/mol. The fourth-order valence-electron chi connectivity index (χ4n) is 1.78. The van der Waals surface area contributed by atoms with Gasteiger partial charge in [-0.05, 0) is 19.9 Å². The number of nitrogens with two attached hydrogens (primary N) is 1. The maximum absolute atomic E-state index is 11.2. The van der Waals surface area contributed by atoms with Crippen molar-refractivity contribution in [2.75, 3.05) is 19.0 Å². The van der Waals surface area contributed by atoms with Crippen LogP contribution in [0.2, 0.25) is 0 Å². The molecule has 0 saturated carbocycles. The number of hydrogen-bond donors (Lipinski definition) is 2. The molecule has 0 radical (unpaired) electrons. The smallest absolute Gasteiger partial charge is 0.321 e. The minimum atomic E-state index is -1.10. The van der Waals surface area contributed by atoms with Gasteiger partial charge in [-0.1, -0.05) is 0 Å². The highest BCUT2D eigenvalue weighted by Gasteiger charge is 2.20. The Morgan fingerprint density at radius 2 is 1.91 bits per heavy atom. The van der Waals surface area contributed by atoms with Gasteiger partial charge >= 0.3 is 5.97 Å². The molecule has 1 atom stereocenters. The van der Waals surface area contributed by atoms with Crippen LogP contribution in [-0.2, 0) is 10.5 Å². The predicted octanol–water partition coefficient (Wildman–Crippen LogP) is 2.04. The number of hydrogen-bond acceptors (Lipinski definition) is 7. The van der Waals surface area contributed by atoms with E-state index in [1.807, 2.05) is 0 Å². The van der Waals surface area contributed by atoms with Gasteiger partial charge in [-0.2, -0.15) is 11.8 Å². The fraction of sp³-hybridized carbons (Fsp3) is 0.500. The second-order valence-electron chi connectivity index (χ2n) is 4.51. The second kappa shape index (κ2) is 9.21. The Kier molecular flexibility index (Phi) is 7.63. The van der Waals surface area contributed by atoms with E-state index < -0.39 is 16.9 Å². The molecule has 3 N–H and O–H groups in total. The molecule has 0 amide bonds. The number of ether oxygens (including phenoxy) is 2. The molecule has 8 nitrogen and oxygen atoms in total. The van der Waals surface area contributed by atoms with E-state index in [0.717, 1.165) is 0 Å². The summed E-state index contributed by atoms with van der Waals surface area (Å²) in [6.45, 7) is 4.34. The summed E-state index contributed by atoms with van der Waals surface area (Å²) in [4.78, 5) is 21.4. The molecule has 0 aliphatic carbocycles. The minimum Gasteiger partial charge on any atom is -0.490 e. The Hall–Kier alpha value is -2.00. The van der Waals surface area contributed by atoms with Crippen LogP contribution in [0.5, 0.6) is 11.5 Å². The van der Waals surface area contributed by atoms with Gasteiger partial charge < -0.3 is 20.3 Å². The topological polar surface area (TPSA) is 125 Å². The van der Waals surface area contributed by atoms with Gasteiger partial charge in [0.1, 0.15) is 6.04 Å². The van der Waals surface area contributed by atoms with Gasteiger partial charge in [0.15, 0.2) is 11.5 Å². The second-order valence-corrected chi connectivity index (χ2v) is 5.54. The van der Waals surface area contributed by atoms with Gasteiger partial charge in [-0.25, -0.2) is 0 Å². The molecule has 9 heteroatoms. The molecule has 0 unspecified atom stereocenters. The van der Waals surface area contributed by atoms with Crippen molar-refractivity contribution in [2.24, 2.45) is 5.73 Å². The van der Waals surface area contributed by atoms with Gasteiger partial charge in [0.05, 0.1) is 24.2 Å². The number of aliphatic carboxylic acids is 1. The van der Waals surface area contributed by atoms with Crippen molar-refractivity contribution >= 4 is 23.4 Å². The molecule has 0 aromatic heterocycles. The van der Waals surface area contributed by atoms with Crippen LogP contribution in [0.4, 0.5) is 5.69 Å². The van der Waals surface area contributed by atoms with Crippen LogP contribution in [0, 0.1) is 10.1 Å². The Labute approximate surface area is 138 Å². The number of carbonyl (C=O) groups is 1. The Morgan fingerprint density at radius 3 is 2.39 bits per heavy atom. The summed E-state index contributed by atoms with van der Waals surface area (Å²) in [7, 11) is 0. The van der Waals surface area contributed by atoms with E-state index in [1.54, 1.807) is 19.9 Å². The molecule has 1 aromatic rings. The highest BCUT2D eigenvalue weighted by atomic mass is 32.2. The van der Waals surface area contributed by atoms with Crippen molar-refractivity contribution in [2.45, 2.75) is 25.6 Å². The Bertz CT molecular complexity index is 566. The molecule has 1 rings (SSSR count). The van der Waals surface area contributed by atoms with Gasteiger partial charge in [-0.15, -0.1) is 0 Å². The first-order valence-electron chi connectivity index (χ1n) is 7.03. The Balaban J connectivity index is 3.00. The van der Waals surface area contributed by atoms with E-state index in [4.69, 9.17) is 20.3 Å². The van der Waals surface area contributed by atoms with Crippen LogP contribution in [0.25, 0.3) is 0 Å². The third-order valence-electron chi connectivity index (χ3n) is 2.81. The van der Waals surface area contributed by atoms with Crippen LogP contribution in [-0.4, -0.2) is 41.0 Å². The normalized spacial score (nSPS) is 11.8. The monoisotopic (exact) mass is 344 g/mol. The van der Waals surface area contributed by atoms with Gasteiger partial charge in [0.2, 0.25) is 0 Å². The largest absolute Gasteiger partial charge is 0.490 e. The average molecular weight is 344 g/mol. The lowest BCUT2D eigenvalue weighted by molar-refractivity contribution is -0.385. The zero-order valence-corrected chi connectivity index (χ0v) is 13.8. The maximum Gasteiger partial charge on any atom is 0.321 e. The number of nitrogens with zero attached hydrogens (tertiary/aromatic N) is 1. The van der Waals surface area contributed by atoms with E-state index in [0.29, 0.717) is 30.3 Å². The first kappa shape index (κ1) is 19.0. The van der Waals surface area contributed by atoms with Gasteiger partial charge in [0.25, 0.3) is 5.69 Å². The highest BCUT2D eigenvalue weighted by Crippen LogP contribution is 2.36. The fourth-order valence-corrected chi connectivity index (χ4v) is 2.75. The van der Waals surface area contributed by atoms with E-state index in [1.165, 1.54) is 17.8 Å². The molecule has 1 aromatic carbocycles. The molecule has 128 valence electrons. The molecule has 0 fully saturated rings. The summed E-state index contributed by atoms with van der Waals surface area (Å²) in [5, 5.41) is 20.0. The van der Waals surface area contributed by atoms with Crippen LogP contribution in [0.3, 0.4) is 0 Å². The minimum absolute atomic E-state index is 0.0895. The quantitative estimate of drug-likeness (QED) is 0.488. The number of thioether (sulfide) groups is 1. The number of carboxylic acid groups (broad SMARTS) is 1. The summed E-state index contributed by atoms with van der Waals surface area (Å²) < 4.78 is 10.8. The number of carboxylic acids is 1. The van der Waals surface area contributed by atoms with Crippen molar-refractivity contribution in [3.63, 3.8) is 0 Å². The third kappa shape index (κ3) is 5.61. The van der Waals surface area contributed by atoms with E-state index in [-0.39, 0.29) is 17.2 Å². The number of rotatable bonds is 10. The molecule has 0 bridgehead atoms. The standard InChI is InChI=1S/C14H20N2O6S/c1-3-21-12-5-9(7-23-8-10(15)14(17)18)11(16(19)20)6-13(12)22-4-2/h5-6,10H,3-4,7-8,15H2,1-2H3,(H,17,18)/t10-/m0/s1. The molecule has 0 spiro atoms. The van der Waals surface area contributed by atoms with E-state index in [9.17, 15) is 14.9 Å². The predicted molar refractivity (Wildman–Crippen MR) is 87.2 cm³/mol. The van der Waals surface area contributed by atoms with Crippen molar-refractivity contribution in [1.29, 1.82) is 0 Å². The average Bonchev–Trinajstić information content (AvgIpc) is 2.49. The molecule has 0 aliphatic rings. The SMILES string of the molecule is CCOc1cc(CSC[C@H](N)C(=O)O)c([N+](=O)[O-])cc1OCC. The van der Waals surface area contributed by atoms with E-state index in [2.05, 4.69) is 0 Å². The zero-order valence-electron chi connectivity index (χ0n) is 13.0. The summed E-state index contributed by atoms with van der Waals surface area (Å²) >= 11 is 1.21. The first-order valence-corrected chi connectivity index (χ1v) is 8.19. The highest BCUT2D eigenvalue weighted by molar-refractivity contribution is 7.98.